The smallest absolute Gasteiger partial charge is 0.444 e. The number of hydrogen-bond donors (Lipinski definition) is 0. The number of anilines is 2. The van der Waals surface area contributed by atoms with Gasteiger partial charge in [-0.25, -0.2) is 14.8 Å². The van der Waals surface area contributed by atoms with E-state index in [-0.39, 0.29) is 22.6 Å². The summed E-state index contributed by atoms with van der Waals surface area (Å²) in [5, 5.41) is 0.0273. The minimum absolute atomic E-state index is 0.0273. The number of nitrogens with zero attached hydrogens (tertiary/aromatic N) is 5. The van der Waals surface area contributed by atoms with Crippen LogP contribution in [-0.4, -0.2) is 77.3 Å². The molecule has 2 saturated heterocycles. The number of amides is 1. The molecule has 1 aliphatic carbocycles. The summed E-state index contributed by atoms with van der Waals surface area (Å²) in [4.78, 5) is 26.0. The maximum Gasteiger partial charge on any atom is 0.451 e. The van der Waals surface area contributed by atoms with Gasteiger partial charge in [-0.3, -0.25) is 0 Å². The molecule has 11 heteroatoms. The van der Waals surface area contributed by atoms with E-state index in [9.17, 15) is 18.0 Å². The molecule has 37 heavy (non-hydrogen) atoms. The van der Waals surface area contributed by atoms with Crippen molar-refractivity contribution in [2.24, 2.45) is 5.41 Å². The quantitative estimate of drug-likeness (QED) is 0.473. The van der Waals surface area contributed by atoms with E-state index in [1.165, 1.54) is 19.3 Å². The molecule has 4 rings (SSSR count). The maximum atomic E-state index is 13.8. The topological polar surface area (TPSA) is 61.8 Å². The molecule has 1 aromatic heterocycles. The lowest BCUT2D eigenvalue weighted by Gasteiger charge is -2.46. The average molecular weight is 544 g/mol. The Morgan fingerprint density at radius 3 is 2.51 bits per heavy atom. The first-order valence-corrected chi connectivity index (χ1v) is 14.4. The summed E-state index contributed by atoms with van der Waals surface area (Å²) in [5.74, 6) is 0.272. The zero-order chi connectivity index (χ0) is 26.8. The molecule has 0 N–H and O–H groups in total. The van der Waals surface area contributed by atoms with Gasteiger partial charge in [0.2, 0.25) is 5.82 Å². The number of alkyl halides is 3. The molecule has 1 spiro atoms. The molecule has 0 aromatic carbocycles. The lowest BCUT2D eigenvalue weighted by Crippen LogP contribution is -2.47. The number of piperidine rings is 1. The summed E-state index contributed by atoms with van der Waals surface area (Å²) >= 11 is 1.71. The molecule has 1 saturated carbocycles. The molecular formula is C26H40F3N5O2S. The van der Waals surface area contributed by atoms with E-state index in [0.717, 1.165) is 38.0 Å². The Labute approximate surface area is 222 Å². The van der Waals surface area contributed by atoms with Crippen molar-refractivity contribution in [1.82, 2.24) is 14.9 Å². The van der Waals surface area contributed by atoms with Crippen LogP contribution < -0.4 is 9.80 Å². The highest BCUT2D eigenvalue weighted by atomic mass is 32.2. The van der Waals surface area contributed by atoms with E-state index in [0.29, 0.717) is 32.0 Å². The van der Waals surface area contributed by atoms with E-state index in [1.807, 2.05) is 25.7 Å². The van der Waals surface area contributed by atoms with Gasteiger partial charge in [0.15, 0.2) is 0 Å². The fourth-order valence-corrected chi connectivity index (χ4v) is 7.01. The Balaban J connectivity index is 1.50. The largest absolute Gasteiger partial charge is 0.451 e. The molecule has 208 valence electrons. The van der Waals surface area contributed by atoms with E-state index < -0.39 is 17.6 Å². The first-order valence-electron chi connectivity index (χ1n) is 13.4. The zero-order valence-electron chi connectivity index (χ0n) is 22.4. The molecule has 1 unspecified atom stereocenters. The van der Waals surface area contributed by atoms with Gasteiger partial charge in [-0.05, 0) is 51.9 Å². The van der Waals surface area contributed by atoms with Crippen molar-refractivity contribution in [3.8, 4) is 0 Å². The van der Waals surface area contributed by atoms with Crippen molar-refractivity contribution >= 4 is 29.5 Å². The van der Waals surface area contributed by atoms with Crippen molar-refractivity contribution < 1.29 is 22.7 Å². The fraction of sp³-hybridized carbons (Fsp3) is 0.808. The van der Waals surface area contributed by atoms with Crippen LogP contribution >= 0.6 is 11.8 Å². The Morgan fingerprint density at radius 2 is 1.84 bits per heavy atom. The van der Waals surface area contributed by atoms with Crippen LogP contribution in [0.3, 0.4) is 0 Å². The van der Waals surface area contributed by atoms with Crippen LogP contribution in [0.5, 0.6) is 0 Å². The lowest BCUT2D eigenvalue weighted by atomic mass is 9.69. The van der Waals surface area contributed by atoms with Crippen molar-refractivity contribution in [2.75, 3.05) is 55.3 Å². The van der Waals surface area contributed by atoms with Crippen LogP contribution in [0, 0.1) is 5.41 Å². The Bertz CT molecular complexity index is 944. The third-order valence-electron chi connectivity index (χ3n) is 7.51. The first-order chi connectivity index (χ1) is 17.3. The van der Waals surface area contributed by atoms with Crippen LogP contribution in [0.1, 0.15) is 71.5 Å². The maximum absolute atomic E-state index is 13.8. The third kappa shape index (κ3) is 7.35. The average Bonchev–Trinajstić information content (AvgIpc) is 2.83. The van der Waals surface area contributed by atoms with Crippen LogP contribution in [0.2, 0.25) is 0 Å². The van der Waals surface area contributed by atoms with Gasteiger partial charge in [0.25, 0.3) is 0 Å². The van der Waals surface area contributed by atoms with E-state index in [4.69, 9.17) is 4.74 Å². The molecule has 1 aromatic rings. The molecule has 1 atom stereocenters. The Kier molecular flexibility index (Phi) is 8.40. The minimum atomic E-state index is -4.63. The molecule has 2 aliphatic heterocycles. The number of carbonyl (C=O) groups excluding carboxylic acids is 1. The van der Waals surface area contributed by atoms with Crippen molar-refractivity contribution in [3.63, 3.8) is 0 Å². The summed E-state index contributed by atoms with van der Waals surface area (Å²) < 4.78 is 47.0. The molecule has 3 fully saturated rings. The highest BCUT2D eigenvalue weighted by molar-refractivity contribution is 8.00. The van der Waals surface area contributed by atoms with Gasteiger partial charge in [-0.15, -0.1) is 0 Å². The highest BCUT2D eigenvalue weighted by Gasteiger charge is 2.40. The summed E-state index contributed by atoms with van der Waals surface area (Å²) in [6, 6.07) is 1.70. The monoisotopic (exact) mass is 543 g/mol. The van der Waals surface area contributed by atoms with Crippen molar-refractivity contribution in [3.05, 3.63) is 11.9 Å². The van der Waals surface area contributed by atoms with Gasteiger partial charge < -0.3 is 19.4 Å². The normalized spacial score (nSPS) is 22.7. The predicted molar refractivity (Wildman–Crippen MR) is 141 cm³/mol. The van der Waals surface area contributed by atoms with Gasteiger partial charge in [0.1, 0.15) is 17.2 Å². The van der Waals surface area contributed by atoms with Crippen LogP contribution in [-0.2, 0) is 10.9 Å². The molecule has 0 radical (unpaired) electrons. The van der Waals surface area contributed by atoms with E-state index >= 15 is 0 Å². The minimum Gasteiger partial charge on any atom is -0.444 e. The summed E-state index contributed by atoms with van der Waals surface area (Å²) in [6.45, 7) is 8.49. The number of ether oxygens (including phenoxy) is 1. The molecular weight excluding hydrogens is 503 g/mol. The van der Waals surface area contributed by atoms with Crippen LogP contribution in [0.15, 0.2) is 6.07 Å². The number of aromatic nitrogens is 2. The van der Waals surface area contributed by atoms with Gasteiger partial charge in [0.05, 0.1) is 0 Å². The number of thioether (sulfide) groups is 1. The van der Waals surface area contributed by atoms with Gasteiger partial charge in [0, 0.05) is 56.8 Å². The molecule has 0 bridgehead atoms. The second kappa shape index (κ2) is 11.1. The van der Waals surface area contributed by atoms with Crippen molar-refractivity contribution in [2.45, 2.75) is 82.7 Å². The van der Waals surface area contributed by atoms with Gasteiger partial charge >= 0.3 is 12.3 Å². The van der Waals surface area contributed by atoms with E-state index in [1.54, 1.807) is 34.7 Å². The third-order valence-corrected chi connectivity index (χ3v) is 8.70. The Hall–Kier alpha value is -1.91. The summed E-state index contributed by atoms with van der Waals surface area (Å²) in [6.07, 6.45) is 3.03. The number of carbonyl (C=O) groups is 1. The molecule has 3 aliphatic rings. The second-order valence-corrected chi connectivity index (χ2v) is 13.2. The molecule has 3 heterocycles. The first kappa shape index (κ1) is 28.1. The van der Waals surface area contributed by atoms with Crippen LogP contribution in [0.25, 0.3) is 0 Å². The highest BCUT2D eigenvalue weighted by Crippen LogP contribution is 2.44. The fourth-order valence-electron chi connectivity index (χ4n) is 5.74. The van der Waals surface area contributed by atoms with Gasteiger partial charge in [-0.1, -0.05) is 19.3 Å². The summed E-state index contributed by atoms with van der Waals surface area (Å²) in [5.41, 5.74) is -0.389. The zero-order valence-corrected chi connectivity index (χ0v) is 23.3. The molecule has 1 amide bonds. The second-order valence-electron chi connectivity index (χ2n) is 11.8. The van der Waals surface area contributed by atoms with Crippen LogP contribution in [0.4, 0.5) is 29.6 Å². The van der Waals surface area contributed by atoms with Gasteiger partial charge in [-0.2, -0.15) is 24.9 Å². The molecule has 7 nitrogen and oxygen atoms in total. The van der Waals surface area contributed by atoms with E-state index in [2.05, 4.69) is 9.97 Å². The summed E-state index contributed by atoms with van der Waals surface area (Å²) in [7, 11) is 1.76. The number of hydrogen-bond acceptors (Lipinski definition) is 7. The van der Waals surface area contributed by atoms with Crippen molar-refractivity contribution in [1.29, 1.82) is 0 Å². The number of rotatable bonds is 4. The lowest BCUT2D eigenvalue weighted by molar-refractivity contribution is -0.144. The number of halogens is 3. The predicted octanol–water partition coefficient (Wildman–Crippen LogP) is 5.83. The Morgan fingerprint density at radius 1 is 1.14 bits per heavy atom. The SMILES string of the molecule is CN(CC1CN(C(=O)OC(C)(C)C)CCS1)c1cc(N2CCCC3(CCCCC3)C2)nc(C(F)(F)F)n1. The standard InChI is InChI=1S/C26H40F3N5O2S/c1-24(2,3)36-23(35)33-13-14-37-19(17-33)16-32(4)20-15-21(31-22(30-20)26(27,28)29)34-12-8-11-25(18-34)9-6-5-7-10-25/h15,19H,5-14,16-18H2,1-4H3.